The molecule has 1 aliphatic carbocycles. The number of hydrogen-bond donors (Lipinski definition) is 1. The van der Waals surface area contributed by atoms with E-state index in [4.69, 9.17) is 0 Å². The first kappa shape index (κ1) is 17.9. The highest BCUT2D eigenvalue weighted by Crippen LogP contribution is 2.37. The Bertz CT molecular complexity index is 626. The third-order valence-electron chi connectivity index (χ3n) is 5.73. The summed E-state index contributed by atoms with van der Waals surface area (Å²) in [6.45, 7) is 6.22. The maximum absolute atomic E-state index is 12.4. The Morgan fingerprint density at radius 2 is 1.92 bits per heavy atom. The van der Waals surface area contributed by atoms with Crippen LogP contribution < -0.4 is 5.32 Å². The molecule has 2 fully saturated rings. The van der Waals surface area contributed by atoms with E-state index < -0.39 is 5.41 Å². The average molecular weight is 339 g/mol. The minimum absolute atomic E-state index is 0.0983. The summed E-state index contributed by atoms with van der Waals surface area (Å²) in [6, 6.07) is 10.8. The molecule has 0 spiro atoms. The summed E-state index contributed by atoms with van der Waals surface area (Å²) in [4.78, 5) is 14.9. The molecule has 4 heteroatoms. The van der Waals surface area contributed by atoms with Crippen molar-refractivity contribution in [3.05, 3.63) is 35.4 Å². The van der Waals surface area contributed by atoms with Crippen LogP contribution in [-0.2, 0) is 17.9 Å². The molecule has 1 N–H and O–H groups in total. The quantitative estimate of drug-likeness (QED) is 0.891. The van der Waals surface area contributed by atoms with Gasteiger partial charge in [-0.1, -0.05) is 44.0 Å². The monoisotopic (exact) mass is 339 g/mol. The Hall–Kier alpha value is -1.86. The van der Waals surface area contributed by atoms with Gasteiger partial charge in [0.1, 0.15) is 5.41 Å². The normalized spacial score (nSPS) is 23.1. The molecule has 1 atom stereocenters. The van der Waals surface area contributed by atoms with Gasteiger partial charge in [-0.3, -0.25) is 9.69 Å². The van der Waals surface area contributed by atoms with Gasteiger partial charge in [-0.2, -0.15) is 5.26 Å². The lowest BCUT2D eigenvalue weighted by molar-refractivity contribution is -0.128. The van der Waals surface area contributed by atoms with Gasteiger partial charge in [0.05, 0.1) is 6.07 Å². The third-order valence-corrected chi connectivity index (χ3v) is 5.73. The van der Waals surface area contributed by atoms with Crippen LogP contribution in [0.1, 0.15) is 56.6 Å². The van der Waals surface area contributed by atoms with E-state index in [1.54, 1.807) is 0 Å². The van der Waals surface area contributed by atoms with Crippen LogP contribution in [0, 0.1) is 22.7 Å². The van der Waals surface area contributed by atoms with Gasteiger partial charge in [0, 0.05) is 19.6 Å². The van der Waals surface area contributed by atoms with Crippen LogP contribution >= 0.6 is 0 Å². The van der Waals surface area contributed by atoms with Gasteiger partial charge in [-0.25, -0.2) is 0 Å². The minimum atomic E-state index is -0.787. The number of likely N-dealkylation sites (tertiary alicyclic amines) is 1. The van der Waals surface area contributed by atoms with Crippen molar-refractivity contribution in [1.29, 1.82) is 5.26 Å². The number of carbonyl (C=O) groups is 1. The maximum Gasteiger partial charge on any atom is 0.240 e. The van der Waals surface area contributed by atoms with Crippen LogP contribution in [0.2, 0.25) is 0 Å². The standard InChI is InChI=1S/C21H29N3O/c1-17-5-4-12-24(14-17)15-19-8-6-18(7-9-19)13-23-20(25)21(16-22)10-2-3-11-21/h6-9,17H,2-5,10-15H2,1H3,(H,23,25). The molecule has 1 aromatic carbocycles. The van der Waals surface area contributed by atoms with Crippen molar-refractivity contribution in [3.63, 3.8) is 0 Å². The van der Waals surface area contributed by atoms with Gasteiger partial charge in [-0.05, 0) is 49.3 Å². The largest absolute Gasteiger partial charge is 0.351 e. The number of nitriles is 1. The highest BCUT2D eigenvalue weighted by atomic mass is 16.2. The lowest BCUT2D eigenvalue weighted by Crippen LogP contribution is -2.37. The van der Waals surface area contributed by atoms with E-state index in [1.807, 2.05) is 0 Å². The Kier molecular flexibility index (Phi) is 5.75. The van der Waals surface area contributed by atoms with Crippen molar-refractivity contribution < 1.29 is 4.79 Å². The molecular formula is C21H29N3O. The van der Waals surface area contributed by atoms with Crippen LogP contribution in [0.25, 0.3) is 0 Å². The second-order valence-corrected chi connectivity index (χ2v) is 7.88. The predicted molar refractivity (Wildman–Crippen MR) is 98.5 cm³/mol. The fourth-order valence-electron chi connectivity index (χ4n) is 4.17. The Labute approximate surface area is 151 Å². The van der Waals surface area contributed by atoms with Gasteiger partial charge in [0.2, 0.25) is 5.91 Å². The molecule has 0 radical (unpaired) electrons. The van der Waals surface area contributed by atoms with E-state index in [0.717, 1.165) is 30.9 Å². The number of amides is 1. The molecule has 1 heterocycles. The van der Waals surface area contributed by atoms with Crippen molar-refractivity contribution in [1.82, 2.24) is 10.2 Å². The maximum atomic E-state index is 12.4. The summed E-state index contributed by atoms with van der Waals surface area (Å²) in [5.41, 5.74) is 1.63. The van der Waals surface area contributed by atoms with Crippen molar-refractivity contribution in [3.8, 4) is 6.07 Å². The van der Waals surface area contributed by atoms with E-state index in [9.17, 15) is 10.1 Å². The summed E-state index contributed by atoms with van der Waals surface area (Å²) < 4.78 is 0. The van der Waals surface area contributed by atoms with E-state index in [2.05, 4.69) is 47.5 Å². The lowest BCUT2D eigenvalue weighted by atomic mass is 9.87. The van der Waals surface area contributed by atoms with Crippen molar-refractivity contribution in [2.24, 2.45) is 11.3 Å². The van der Waals surface area contributed by atoms with Crippen LogP contribution in [0.15, 0.2) is 24.3 Å². The molecule has 1 aromatic rings. The zero-order chi connectivity index (χ0) is 17.7. The molecule has 4 nitrogen and oxygen atoms in total. The number of nitrogens with zero attached hydrogens (tertiary/aromatic N) is 2. The smallest absolute Gasteiger partial charge is 0.240 e. The summed E-state index contributed by atoms with van der Waals surface area (Å²) in [7, 11) is 0. The second-order valence-electron chi connectivity index (χ2n) is 7.88. The highest BCUT2D eigenvalue weighted by Gasteiger charge is 2.41. The molecule has 1 saturated heterocycles. The van der Waals surface area contributed by atoms with Crippen LogP contribution in [0.3, 0.4) is 0 Å². The second kappa shape index (κ2) is 8.01. The summed E-state index contributed by atoms with van der Waals surface area (Å²) in [6.07, 6.45) is 5.99. The van der Waals surface area contributed by atoms with Crippen molar-refractivity contribution in [2.75, 3.05) is 13.1 Å². The lowest BCUT2D eigenvalue weighted by Gasteiger charge is -2.30. The van der Waals surface area contributed by atoms with Gasteiger partial charge >= 0.3 is 0 Å². The first-order chi connectivity index (χ1) is 12.1. The molecule has 3 rings (SSSR count). The fraction of sp³-hybridized carbons (Fsp3) is 0.619. The SMILES string of the molecule is CC1CCCN(Cc2ccc(CNC(=O)C3(C#N)CCCC3)cc2)C1. The first-order valence-corrected chi connectivity index (χ1v) is 9.61. The Balaban J connectivity index is 1.51. The summed E-state index contributed by atoms with van der Waals surface area (Å²) >= 11 is 0. The van der Waals surface area contributed by atoms with Gasteiger partial charge in [-0.15, -0.1) is 0 Å². The predicted octanol–water partition coefficient (Wildman–Crippen LogP) is 3.62. The third kappa shape index (κ3) is 4.41. The molecule has 1 aliphatic heterocycles. The van der Waals surface area contributed by atoms with E-state index >= 15 is 0 Å². The highest BCUT2D eigenvalue weighted by molar-refractivity contribution is 5.85. The Morgan fingerprint density at radius 3 is 2.56 bits per heavy atom. The molecule has 2 aliphatic rings. The number of hydrogen-bond acceptors (Lipinski definition) is 3. The van der Waals surface area contributed by atoms with Crippen LogP contribution in [-0.4, -0.2) is 23.9 Å². The van der Waals surface area contributed by atoms with Crippen molar-refractivity contribution in [2.45, 2.75) is 58.5 Å². The van der Waals surface area contributed by atoms with E-state index in [0.29, 0.717) is 19.4 Å². The van der Waals surface area contributed by atoms with Gasteiger partial charge in [0.25, 0.3) is 0 Å². The number of benzene rings is 1. The topological polar surface area (TPSA) is 56.1 Å². The molecular weight excluding hydrogens is 310 g/mol. The minimum Gasteiger partial charge on any atom is -0.351 e. The fourth-order valence-corrected chi connectivity index (χ4v) is 4.17. The zero-order valence-electron chi connectivity index (χ0n) is 15.3. The first-order valence-electron chi connectivity index (χ1n) is 9.61. The molecule has 0 aromatic heterocycles. The van der Waals surface area contributed by atoms with Gasteiger partial charge in [0.15, 0.2) is 0 Å². The Morgan fingerprint density at radius 1 is 1.24 bits per heavy atom. The molecule has 1 saturated carbocycles. The van der Waals surface area contributed by atoms with E-state index in [1.165, 1.54) is 31.5 Å². The number of carbonyl (C=O) groups excluding carboxylic acids is 1. The summed E-state index contributed by atoms with van der Waals surface area (Å²) in [5.74, 6) is 0.699. The zero-order valence-corrected chi connectivity index (χ0v) is 15.3. The van der Waals surface area contributed by atoms with Crippen molar-refractivity contribution >= 4 is 5.91 Å². The average Bonchev–Trinajstić information content (AvgIpc) is 3.11. The van der Waals surface area contributed by atoms with Gasteiger partial charge < -0.3 is 5.32 Å². The number of rotatable bonds is 5. The molecule has 1 amide bonds. The van der Waals surface area contributed by atoms with Crippen LogP contribution in [0.5, 0.6) is 0 Å². The summed E-state index contributed by atoms with van der Waals surface area (Å²) in [5, 5.41) is 12.3. The van der Waals surface area contributed by atoms with Crippen LogP contribution in [0.4, 0.5) is 0 Å². The molecule has 25 heavy (non-hydrogen) atoms. The number of nitrogens with one attached hydrogen (secondary N) is 1. The molecule has 134 valence electrons. The molecule has 1 unspecified atom stereocenters. The molecule has 0 bridgehead atoms. The number of piperidine rings is 1. The van der Waals surface area contributed by atoms with E-state index in [-0.39, 0.29) is 5.91 Å².